The number of benzene rings is 2. The Bertz CT molecular complexity index is 977. The topological polar surface area (TPSA) is 103 Å². The number of hydrogen-bond donors (Lipinski definition) is 4. The zero-order chi connectivity index (χ0) is 18.9. The minimum Gasteiger partial charge on any atom is -0.508 e. The molecule has 0 aliphatic carbocycles. The van der Waals surface area contributed by atoms with E-state index in [0.717, 1.165) is 27.7 Å². The van der Waals surface area contributed by atoms with E-state index >= 15 is 0 Å². The van der Waals surface area contributed by atoms with Crippen LogP contribution in [0.15, 0.2) is 42.5 Å². The van der Waals surface area contributed by atoms with Gasteiger partial charge in [-0.3, -0.25) is 4.57 Å². The molecule has 0 fully saturated rings. The first-order valence-electron chi connectivity index (χ1n) is 8.00. The molecular formula is C18H20NO5PS. The van der Waals surface area contributed by atoms with E-state index in [1.807, 2.05) is 29.7 Å². The standard InChI is InChI=1S/C18H20NO5PS/c1-12-16-7-6-15(21)10-17(16)19(8-9-26-11-25(22,23)24)18(12)13-2-4-14(20)5-3-13/h2-7,10,20-21H,8-9,11H2,1H3,(H2,22,23,24). The van der Waals surface area contributed by atoms with Gasteiger partial charge >= 0.3 is 7.60 Å². The Morgan fingerprint density at radius 1 is 1.04 bits per heavy atom. The summed E-state index contributed by atoms with van der Waals surface area (Å²) in [4.78, 5) is 18.0. The number of rotatable bonds is 6. The number of phenols is 2. The maximum atomic E-state index is 11.0. The van der Waals surface area contributed by atoms with Crippen molar-refractivity contribution in [1.82, 2.24) is 4.57 Å². The number of phenolic OH excluding ortho intramolecular Hbond substituents is 2. The third kappa shape index (κ3) is 4.07. The number of aromatic hydroxyl groups is 2. The lowest BCUT2D eigenvalue weighted by molar-refractivity contribution is 0.379. The molecular weight excluding hydrogens is 373 g/mol. The van der Waals surface area contributed by atoms with Gasteiger partial charge in [0.1, 0.15) is 11.5 Å². The predicted octanol–water partition coefficient (Wildman–Crippen LogP) is 3.90. The maximum absolute atomic E-state index is 11.0. The van der Waals surface area contributed by atoms with Gasteiger partial charge in [-0.15, -0.1) is 11.8 Å². The van der Waals surface area contributed by atoms with Crippen LogP contribution in [0.25, 0.3) is 22.2 Å². The van der Waals surface area contributed by atoms with Crippen molar-refractivity contribution in [2.45, 2.75) is 13.5 Å². The van der Waals surface area contributed by atoms with E-state index in [4.69, 9.17) is 9.79 Å². The van der Waals surface area contributed by atoms with Gasteiger partial charge in [0.25, 0.3) is 0 Å². The summed E-state index contributed by atoms with van der Waals surface area (Å²) in [7, 11) is -4.03. The number of thioether (sulfide) groups is 1. The molecule has 0 aliphatic heterocycles. The Morgan fingerprint density at radius 2 is 1.69 bits per heavy atom. The lowest BCUT2D eigenvalue weighted by Gasteiger charge is -2.12. The summed E-state index contributed by atoms with van der Waals surface area (Å²) in [5.41, 5.74) is 3.58. The SMILES string of the molecule is Cc1c(-c2ccc(O)cc2)n(CCSCP(=O)(O)O)c2cc(O)ccc12. The summed E-state index contributed by atoms with van der Waals surface area (Å²) in [5, 5.41) is 20.4. The molecule has 0 unspecified atom stereocenters. The summed E-state index contributed by atoms with van der Waals surface area (Å²) < 4.78 is 13.1. The molecule has 8 heteroatoms. The lowest BCUT2D eigenvalue weighted by atomic mass is 10.1. The quantitative estimate of drug-likeness (QED) is 0.374. The van der Waals surface area contributed by atoms with Gasteiger partial charge in [0.15, 0.2) is 0 Å². The summed E-state index contributed by atoms with van der Waals surface area (Å²) in [6, 6.07) is 12.1. The van der Waals surface area contributed by atoms with Gasteiger partial charge in [0.2, 0.25) is 0 Å². The number of hydrogen-bond acceptors (Lipinski definition) is 4. The summed E-state index contributed by atoms with van der Waals surface area (Å²) >= 11 is 1.20. The Morgan fingerprint density at radius 3 is 2.35 bits per heavy atom. The molecule has 3 rings (SSSR count). The fourth-order valence-corrected chi connectivity index (χ4v) is 4.85. The number of aryl methyl sites for hydroxylation is 2. The molecule has 0 saturated carbocycles. The molecule has 0 radical (unpaired) electrons. The van der Waals surface area contributed by atoms with E-state index in [1.165, 1.54) is 11.8 Å². The van der Waals surface area contributed by atoms with E-state index in [2.05, 4.69) is 0 Å². The van der Waals surface area contributed by atoms with Gasteiger partial charge in [0.05, 0.1) is 16.7 Å². The average molecular weight is 393 g/mol. The summed E-state index contributed by atoms with van der Waals surface area (Å²) in [6.45, 7) is 2.54. The van der Waals surface area contributed by atoms with Crippen molar-refractivity contribution < 1.29 is 24.6 Å². The van der Waals surface area contributed by atoms with E-state index in [0.29, 0.717) is 12.3 Å². The van der Waals surface area contributed by atoms with Gasteiger partial charge in [-0.2, -0.15) is 0 Å². The molecule has 4 N–H and O–H groups in total. The van der Waals surface area contributed by atoms with Crippen LogP contribution in [-0.4, -0.2) is 35.8 Å². The van der Waals surface area contributed by atoms with Crippen LogP contribution in [0.2, 0.25) is 0 Å². The second kappa shape index (κ2) is 7.37. The van der Waals surface area contributed by atoms with Crippen molar-refractivity contribution in [3.8, 4) is 22.8 Å². The van der Waals surface area contributed by atoms with Crippen LogP contribution in [-0.2, 0) is 11.1 Å². The first-order valence-corrected chi connectivity index (χ1v) is 10.9. The van der Waals surface area contributed by atoms with Gasteiger partial charge < -0.3 is 24.6 Å². The van der Waals surface area contributed by atoms with E-state index < -0.39 is 7.60 Å². The minimum atomic E-state index is -4.03. The van der Waals surface area contributed by atoms with Gasteiger partial charge in [-0.25, -0.2) is 0 Å². The molecule has 0 amide bonds. The summed E-state index contributed by atoms with van der Waals surface area (Å²) in [6.07, 6.45) is 0. The molecule has 26 heavy (non-hydrogen) atoms. The molecule has 6 nitrogen and oxygen atoms in total. The normalized spacial score (nSPS) is 12.0. The first-order chi connectivity index (χ1) is 12.3. The maximum Gasteiger partial charge on any atom is 0.335 e. The van der Waals surface area contributed by atoms with Crippen LogP contribution in [0, 0.1) is 6.92 Å². The molecule has 0 aliphatic rings. The molecule has 1 heterocycles. The van der Waals surface area contributed by atoms with Crippen molar-refractivity contribution in [3.05, 3.63) is 48.0 Å². The average Bonchev–Trinajstić information content (AvgIpc) is 2.83. The van der Waals surface area contributed by atoms with Crippen molar-refractivity contribution in [2.24, 2.45) is 0 Å². The van der Waals surface area contributed by atoms with E-state index in [-0.39, 0.29) is 17.0 Å². The highest BCUT2D eigenvalue weighted by Crippen LogP contribution is 2.39. The zero-order valence-electron chi connectivity index (χ0n) is 14.2. The number of aromatic nitrogens is 1. The molecule has 3 aromatic rings. The second-order valence-electron chi connectivity index (χ2n) is 6.08. The van der Waals surface area contributed by atoms with Crippen molar-refractivity contribution >= 4 is 30.3 Å². The van der Waals surface area contributed by atoms with E-state index in [1.54, 1.807) is 24.3 Å². The largest absolute Gasteiger partial charge is 0.508 e. The molecule has 2 aromatic carbocycles. The first kappa shape index (κ1) is 18.9. The minimum absolute atomic E-state index is 0.163. The van der Waals surface area contributed by atoms with Crippen LogP contribution in [0.4, 0.5) is 0 Å². The molecule has 138 valence electrons. The zero-order valence-corrected chi connectivity index (χ0v) is 15.9. The number of fused-ring (bicyclic) bond motifs is 1. The Labute approximate surface area is 155 Å². The van der Waals surface area contributed by atoms with Gasteiger partial charge in [-0.05, 0) is 54.4 Å². The molecule has 0 spiro atoms. The van der Waals surface area contributed by atoms with Crippen LogP contribution >= 0.6 is 19.4 Å². The predicted molar refractivity (Wildman–Crippen MR) is 105 cm³/mol. The lowest BCUT2D eigenvalue weighted by Crippen LogP contribution is -2.03. The third-order valence-electron chi connectivity index (χ3n) is 4.16. The van der Waals surface area contributed by atoms with Crippen LogP contribution in [0.1, 0.15) is 5.56 Å². The highest BCUT2D eigenvalue weighted by molar-refractivity contribution is 8.04. The van der Waals surface area contributed by atoms with Crippen LogP contribution in [0.3, 0.4) is 0 Å². The molecule has 0 bridgehead atoms. The highest BCUT2D eigenvalue weighted by Gasteiger charge is 2.17. The fourth-order valence-electron chi connectivity index (χ4n) is 3.07. The Balaban J connectivity index is 2.03. The smallest absolute Gasteiger partial charge is 0.335 e. The Hall–Kier alpha value is -1.92. The third-order valence-corrected chi connectivity index (χ3v) is 6.71. The number of nitrogens with zero attached hydrogens (tertiary/aromatic N) is 1. The fraction of sp³-hybridized carbons (Fsp3) is 0.222. The van der Waals surface area contributed by atoms with Crippen molar-refractivity contribution in [2.75, 3.05) is 11.2 Å². The summed E-state index contributed by atoms with van der Waals surface area (Å²) in [5.74, 6) is 0.870. The highest BCUT2D eigenvalue weighted by atomic mass is 32.2. The second-order valence-corrected chi connectivity index (χ2v) is 9.25. The molecule has 0 saturated heterocycles. The Kier molecular flexibility index (Phi) is 5.34. The van der Waals surface area contributed by atoms with Gasteiger partial charge in [-0.1, -0.05) is 0 Å². The molecule has 0 atom stereocenters. The van der Waals surface area contributed by atoms with Crippen LogP contribution in [0.5, 0.6) is 11.5 Å². The van der Waals surface area contributed by atoms with Crippen molar-refractivity contribution in [1.29, 1.82) is 0 Å². The monoisotopic (exact) mass is 393 g/mol. The van der Waals surface area contributed by atoms with E-state index in [9.17, 15) is 14.8 Å². The van der Waals surface area contributed by atoms with Gasteiger partial charge in [0, 0.05) is 23.8 Å². The molecule has 1 aromatic heterocycles. The van der Waals surface area contributed by atoms with Crippen molar-refractivity contribution in [3.63, 3.8) is 0 Å². The van der Waals surface area contributed by atoms with Crippen LogP contribution < -0.4 is 0 Å².